The van der Waals surface area contributed by atoms with Crippen molar-refractivity contribution in [2.45, 2.75) is 46.5 Å². The van der Waals surface area contributed by atoms with Gasteiger partial charge in [-0.1, -0.05) is 27.2 Å². The minimum Gasteiger partial charge on any atom is -0.494 e. The van der Waals surface area contributed by atoms with Crippen LogP contribution in [0.25, 0.3) is 11.4 Å². The van der Waals surface area contributed by atoms with Crippen LogP contribution in [0, 0.1) is 5.92 Å². The van der Waals surface area contributed by atoms with E-state index in [1.807, 2.05) is 38.1 Å². The van der Waals surface area contributed by atoms with E-state index >= 15 is 0 Å². The monoisotopic (exact) mass is 372 g/mol. The Morgan fingerprint density at radius 2 is 1.96 bits per heavy atom. The first-order chi connectivity index (χ1) is 13.0. The van der Waals surface area contributed by atoms with E-state index in [1.165, 1.54) is 0 Å². The molecular formula is C20H28N4O3. The number of nitrogens with one attached hydrogen (secondary N) is 2. The first kappa shape index (κ1) is 20.6. The molecule has 1 aromatic carbocycles. The predicted octanol–water partition coefficient (Wildman–Crippen LogP) is 2.72. The summed E-state index contributed by atoms with van der Waals surface area (Å²) in [5.41, 5.74) is 0.696. The number of benzene rings is 1. The van der Waals surface area contributed by atoms with Crippen molar-refractivity contribution in [3.8, 4) is 17.1 Å². The van der Waals surface area contributed by atoms with Gasteiger partial charge in [0.05, 0.1) is 6.61 Å². The molecule has 1 amide bonds. The highest BCUT2D eigenvalue weighted by molar-refractivity contribution is 5.76. The highest BCUT2D eigenvalue weighted by Gasteiger charge is 2.10. The van der Waals surface area contributed by atoms with E-state index in [2.05, 4.69) is 27.4 Å². The second-order valence-corrected chi connectivity index (χ2v) is 6.87. The van der Waals surface area contributed by atoms with Gasteiger partial charge < -0.3 is 15.0 Å². The Hall–Kier alpha value is -2.70. The number of rotatable bonds is 10. The zero-order valence-corrected chi connectivity index (χ0v) is 16.2. The van der Waals surface area contributed by atoms with Gasteiger partial charge in [0.25, 0.3) is 5.56 Å². The Kier molecular flexibility index (Phi) is 7.98. The maximum absolute atomic E-state index is 12.2. The maximum atomic E-state index is 12.2. The number of amides is 1. The first-order valence-corrected chi connectivity index (χ1v) is 9.45. The number of carbonyl (C=O) groups is 1. The number of nitrogens with zero attached hydrogens (tertiary/aromatic N) is 2. The van der Waals surface area contributed by atoms with Gasteiger partial charge >= 0.3 is 0 Å². The average Bonchev–Trinajstić information content (AvgIpc) is 2.66. The standard InChI is InChI=1S/C20H28N4O3/c1-4-5-12-27-16-8-6-15(7-9-16)19-22-20(26)17(23-24-19)10-11-18(25)21-13-14(2)3/h6-9,14H,4-5,10-13H2,1-3H3,(H,21,25)(H,22,24,26). The van der Waals surface area contributed by atoms with Crippen LogP contribution < -0.4 is 15.6 Å². The summed E-state index contributed by atoms with van der Waals surface area (Å²) in [6.07, 6.45) is 2.57. The Morgan fingerprint density at radius 1 is 1.22 bits per heavy atom. The van der Waals surface area contributed by atoms with Crippen molar-refractivity contribution in [1.29, 1.82) is 0 Å². The molecule has 2 rings (SSSR count). The third kappa shape index (κ3) is 6.84. The summed E-state index contributed by atoms with van der Waals surface area (Å²) in [6, 6.07) is 7.36. The molecule has 0 radical (unpaired) electrons. The number of ether oxygens (including phenoxy) is 1. The molecule has 2 N–H and O–H groups in total. The summed E-state index contributed by atoms with van der Waals surface area (Å²) in [4.78, 5) is 26.7. The van der Waals surface area contributed by atoms with Gasteiger partial charge in [0, 0.05) is 24.9 Å². The summed E-state index contributed by atoms with van der Waals surface area (Å²) in [6.45, 7) is 7.48. The van der Waals surface area contributed by atoms with Crippen molar-refractivity contribution in [3.05, 3.63) is 40.3 Å². The molecule has 2 aromatic rings. The molecule has 0 aliphatic carbocycles. The van der Waals surface area contributed by atoms with Gasteiger partial charge in [-0.3, -0.25) is 9.59 Å². The molecule has 0 unspecified atom stereocenters. The molecule has 0 saturated carbocycles. The summed E-state index contributed by atoms with van der Waals surface area (Å²) in [7, 11) is 0. The van der Waals surface area contributed by atoms with Crippen molar-refractivity contribution < 1.29 is 9.53 Å². The lowest BCUT2D eigenvalue weighted by atomic mass is 10.2. The molecule has 0 aliphatic rings. The Bertz CT molecular complexity index is 785. The second kappa shape index (κ2) is 10.4. The quantitative estimate of drug-likeness (QED) is 0.625. The maximum Gasteiger partial charge on any atom is 0.273 e. The Morgan fingerprint density at radius 3 is 2.59 bits per heavy atom. The molecule has 7 heteroatoms. The number of aromatic amines is 1. The van der Waals surface area contributed by atoms with E-state index in [4.69, 9.17) is 4.74 Å². The van der Waals surface area contributed by atoms with E-state index in [0.29, 0.717) is 24.9 Å². The largest absolute Gasteiger partial charge is 0.494 e. The Balaban J connectivity index is 1.95. The molecule has 7 nitrogen and oxygen atoms in total. The number of hydrogen-bond donors (Lipinski definition) is 2. The lowest BCUT2D eigenvalue weighted by Crippen LogP contribution is -2.28. The number of unbranched alkanes of at least 4 members (excludes halogenated alkanes) is 1. The van der Waals surface area contributed by atoms with Gasteiger partial charge in [-0.05, 0) is 36.6 Å². The molecule has 146 valence electrons. The van der Waals surface area contributed by atoms with Crippen molar-refractivity contribution in [3.63, 3.8) is 0 Å². The minimum absolute atomic E-state index is 0.0901. The molecule has 0 fully saturated rings. The van der Waals surface area contributed by atoms with Gasteiger partial charge in [0.1, 0.15) is 11.4 Å². The molecule has 27 heavy (non-hydrogen) atoms. The van der Waals surface area contributed by atoms with Crippen LogP contribution in [0.5, 0.6) is 5.75 Å². The zero-order valence-electron chi connectivity index (χ0n) is 16.2. The lowest BCUT2D eigenvalue weighted by molar-refractivity contribution is -0.121. The van der Waals surface area contributed by atoms with Crippen molar-refractivity contribution in [2.75, 3.05) is 13.2 Å². The molecule has 0 atom stereocenters. The summed E-state index contributed by atoms with van der Waals surface area (Å²) in [5, 5.41) is 10.9. The highest BCUT2D eigenvalue weighted by Crippen LogP contribution is 2.18. The lowest BCUT2D eigenvalue weighted by Gasteiger charge is -2.07. The van der Waals surface area contributed by atoms with Crippen molar-refractivity contribution in [1.82, 2.24) is 20.5 Å². The molecule has 0 bridgehead atoms. The highest BCUT2D eigenvalue weighted by atomic mass is 16.5. The minimum atomic E-state index is -0.320. The van der Waals surface area contributed by atoms with Gasteiger partial charge in [-0.25, -0.2) is 0 Å². The molecule has 0 spiro atoms. The fourth-order valence-electron chi connectivity index (χ4n) is 2.34. The Labute approximate surface area is 159 Å². The number of carbonyl (C=O) groups excluding carboxylic acids is 1. The fourth-order valence-corrected chi connectivity index (χ4v) is 2.34. The summed E-state index contributed by atoms with van der Waals surface area (Å²) >= 11 is 0. The normalized spacial score (nSPS) is 10.8. The number of hydrogen-bond acceptors (Lipinski definition) is 5. The number of aryl methyl sites for hydroxylation is 1. The van der Waals surface area contributed by atoms with E-state index < -0.39 is 0 Å². The molecular weight excluding hydrogens is 344 g/mol. The third-order valence-electron chi connectivity index (χ3n) is 3.96. The van der Waals surface area contributed by atoms with Crippen LogP contribution in [0.1, 0.15) is 45.7 Å². The van der Waals surface area contributed by atoms with E-state index in [9.17, 15) is 9.59 Å². The smallest absolute Gasteiger partial charge is 0.273 e. The van der Waals surface area contributed by atoms with Crippen LogP contribution in [0.4, 0.5) is 0 Å². The predicted molar refractivity (Wildman–Crippen MR) is 105 cm³/mol. The van der Waals surface area contributed by atoms with Crippen LogP contribution in [-0.2, 0) is 11.2 Å². The van der Waals surface area contributed by atoms with E-state index in [0.717, 1.165) is 24.2 Å². The molecule has 0 aliphatic heterocycles. The van der Waals surface area contributed by atoms with E-state index in [-0.39, 0.29) is 30.0 Å². The van der Waals surface area contributed by atoms with Crippen molar-refractivity contribution >= 4 is 5.91 Å². The van der Waals surface area contributed by atoms with Gasteiger partial charge in [0.15, 0.2) is 5.82 Å². The topological polar surface area (TPSA) is 97.0 Å². The average molecular weight is 372 g/mol. The molecule has 1 aromatic heterocycles. The van der Waals surface area contributed by atoms with E-state index in [1.54, 1.807) is 0 Å². The number of H-pyrrole nitrogens is 1. The number of aromatic nitrogens is 3. The van der Waals surface area contributed by atoms with Crippen molar-refractivity contribution in [2.24, 2.45) is 5.92 Å². The third-order valence-corrected chi connectivity index (χ3v) is 3.96. The van der Waals surface area contributed by atoms with Crippen LogP contribution >= 0.6 is 0 Å². The van der Waals surface area contributed by atoms with Crippen LogP contribution in [0.3, 0.4) is 0 Å². The van der Waals surface area contributed by atoms with Crippen LogP contribution in [0.15, 0.2) is 29.1 Å². The van der Waals surface area contributed by atoms with Gasteiger partial charge in [-0.15, -0.1) is 10.2 Å². The van der Waals surface area contributed by atoms with Gasteiger partial charge in [0.2, 0.25) is 5.91 Å². The summed E-state index contributed by atoms with van der Waals surface area (Å²) in [5.74, 6) is 1.48. The van der Waals surface area contributed by atoms with Gasteiger partial charge in [-0.2, -0.15) is 0 Å². The van der Waals surface area contributed by atoms with Crippen LogP contribution in [-0.4, -0.2) is 34.2 Å². The second-order valence-electron chi connectivity index (χ2n) is 6.87. The summed E-state index contributed by atoms with van der Waals surface area (Å²) < 4.78 is 5.62. The van der Waals surface area contributed by atoms with Crippen LogP contribution in [0.2, 0.25) is 0 Å². The zero-order chi connectivity index (χ0) is 19.6. The molecule has 0 saturated heterocycles. The fraction of sp³-hybridized carbons (Fsp3) is 0.500. The first-order valence-electron chi connectivity index (χ1n) is 9.45. The molecule has 1 heterocycles. The SMILES string of the molecule is CCCCOc1ccc(-c2nnc(CCC(=O)NCC(C)C)c(=O)[nH]2)cc1.